The van der Waals surface area contributed by atoms with Gasteiger partial charge in [-0.1, -0.05) is 36.4 Å². The van der Waals surface area contributed by atoms with E-state index in [0.29, 0.717) is 0 Å². The van der Waals surface area contributed by atoms with E-state index in [1.165, 1.54) is 34.4 Å². The Balaban J connectivity index is 1.11. The maximum Gasteiger partial charge on any atom is 0.130 e. The van der Waals surface area contributed by atoms with Gasteiger partial charge in [-0.05, 0) is 83.6 Å². The third-order valence-electron chi connectivity index (χ3n) is 8.16. The fraction of sp³-hybridized carbons (Fsp3) is 0.314. The fourth-order valence-corrected chi connectivity index (χ4v) is 6.09. The predicted octanol–water partition coefficient (Wildman–Crippen LogP) is 6.87. The minimum absolute atomic E-state index is 0.0319. The van der Waals surface area contributed by atoms with Crippen LogP contribution in [0.4, 0.5) is 4.39 Å². The van der Waals surface area contributed by atoms with Crippen molar-refractivity contribution in [3.05, 3.63) is 101 Å². The first-order chi connectivity index (χ1) is 19.8. The summed E-state index contributed by atoms with van der Waals surface area (Å²) in [6.07, 6.45) is 1.82. The second-order valence-electron chi connectivity index (χ2n) is 11.4. The molecule has 0 bridgehead atoms. The number of rotatable bonds is 8. The maximum absolute atomic E-state index is 13.5. The highest BCUT2D eigenvalue weighted by molar-refractivity contribution is 5.75. The third kappa shape index (κ3) is 5.67. The second kappa shape index (κ2) is 11.2. The van der Waals surface area contributed by atoms with Gasteiger partial charge in [-0.2, -0.15) is 0 Å². The predicted molar refractivity (Wildman–Crippen MR) is 161 cm³/mol. The average molecular weight is 553 g/mol. The molecule has 0 fully saturated rings. The molecule has 2 aliphatic rings. The van der Waals surface area contributed by atoms with Crippen LogP contribution in [0.3, 0.4) is 0 Å². The van der Waals surface area contributed by atoms with Gasteiger partial charge >= 0.3 is 0 Å². The number of hydrogen-bond donors (Lipinski definition) is 0. The van der Waals surface area contributed by atoms with E-state index in [4.69, 9.17) is 14.2 Å². The number of fused-ring (bicyclic) bond motifs is 2. The van der Waals surface area contributed by atoms with Gasteiger partial charge in [-0.3, -0.25) is 0 Å². The van der Waals surface area contributed by atoms with Gasteiger partial charge in [-0.25, -0.2) is 14.4 Å². The number of hydrazine groups is 1. The van der Waals surface area contributed by atoms with Gasteiger partial charge in [-0.15, -0.1) is 0 Å². The molecule has 0 spiro atoms. The van der Waals surface area contributed by atoms with Crippen LogP contribution < -0.4 is 14.2 Å². The number of hydrogen-bond acceptors (Lipinski definition) is 5. The molecule has 0 aromatic heterocycles. The zero-order chi connectivity index (χ0) is 28.7. The number of aryl methyl sites for hydroxylation is 2. The Morgan fingerprint density at radius 3 is 1.59 bits per heavy atom. The van der Waals surface area contributed by atoms with Crippen LogP contribution in [0.15, 0.2) is 72.8 Å². The van der Waals surface area contributed by atoms with Gasteiger partial charge in [0.1, 0.15) is 35.3 Å². The molecule has 6 rings (SSSR count). The molecule has 0 amide bonds. The molecule has 212 valence electrons. The lowest BCUT2D eigenvalue weighted by Crippen LogP contribution is -2.46. The average Bonchev–Trinajstić information content (AvgIpc) is 3.55. The molecule has 5 nitrogen and oxygen atoms in total. The van der Waals surface area contributed by atoms with Crippen molar-refractivity contribution in [3.8, 4) is 39.5 Å². The van der Waals surface area contributed by atoms with Gasteiger partial charge in [0.15, 0.2) is 0 Å². The first-order valence-electron chi connectivity index (χ1n) is 14.2. The van der Waals surface area contributed by atoms with Crippen LogP contribution in [0, 0.1) is 19.7 Å². The Labute approximate surface area is 242 Å². The third-order valence-corrected chi connectivity index (χ3v) is 8.16. The van der Waals surface area contributed by atoms with Crippen molar-refractivity contribution < 1.29 is 18.6 Å². The van der Waals surface area contributed by atoms with Crippen LogP contribution in [0.25, 0.3) is 22.3 Å². The standard InChI is InChI=1S/C35H37FN2O3/c1-22-14-26-18-30(40-34(26)32(16-22)24-6-10-28(36)11-7-24)20-37(3)38(4)21-31-19-27-15-23(2)17-33(35(27)41-31)25-8-12-29(39-5)13-9-25/h6-17,30-31H,18-21H2,1-5H3. The maximum atomic E-state index is 13.5. The van der Waals surface area contributed by atoms with Crippen LogP contribution >= 0.6 is 0 Å². The summed E-state index contributed by atoms with van der Waals surface area (Å²) in [5.74, 6) is 2.51. The summed E-state index contributed by atoms with van der Waals surface area (Å²) in [5.41, 5.74) is 9.14. The summed E-state index contributed by atoms with van der Waals surface area (Å²) < 4.78 is 32.0. The summed E-state index contributed by atoms with van der Waals surface area (Å²) in [7, 11) is 5.90. The lowest BCUT2D eigenvalue weighted by molar-refractivity contribution is -0.0221. The van der Waals surface area contributed by atoms with Crippen LogP contribution in [-0.4, -0.2) is 56.5 Å². The van der Waals surface area contributed by atoms with Gasteiger partial charge in [0, 0.05) is 38.1 Å². The van der Waals surface area contributed by atoms with E-state index >= 15 is 0 Å². The molecule has 6 heteroatoms. The molecule has 2 heterocycles. The van der Waals surface area contributed by atoms with Crippen LogP contribution in [0.1, 0.15) is 22.3 Å². The molecule has 2 aliphatic heterocycles. The van der Waals surface area contributed by atoms with Crippen molar-refractivity contribution in [2.24, 2.45) is 0 Å². The Morgan fingerprint density at radius 2 is 1.15 bits per heavy atom. The van der Waals surface area contributed by atoms with Crippen molar-refractivity contribution in [1.29, 1.82) is 0 Å². The molecular weight excluding hydrogens is 515 g/mol. The number of likely N-dealkylation sites (N-methyl/N-ethyl adjacent to an activating group) is 2. The lowest BCUT2D eigenvalue weighted by Gasteiger charge is -2.31. The van der Waals surface area contributed by atoms with Crippen molar-refractivity contribution in [2.75, 3.05) is 34.3 Å². The summed E-state index contributed by atoms with van der Waals surface area (Å²) in [5, 5.41) is 4.46. The zero-order valence-corrected chi connectivity index (χ0v) is 24.4. The highest BCUT2D eigenvalue weighted by Gasteiger charge is 2.31. The molecule has 2 atom stereocenters. The molecule has 0 radical (unpaired) electrons. The van der Waals surface area contributed by atoms with E-state index in [1.807, 2.05) is 24.3 Å². The number of halogens is 1. The first-order valence-corrected chi connectivity index (χ1v) is 14.2. The highest BCUT2D eigenvalue weighted by atomic mass is 19.1. The second-order valence-corrected chi connectivity index (χ2v) is 11.4. The van der Waals surface area contributed by atoms with Crippen molar-refractivity contribution in [2.45, 2.75) is 38.9 Å². The summed E-state index contributed by atoms with van der Waals surface area (Å²) in [6, 6.07) is 23.6. The van der Waals surface area contributed by atoms with E-state index in [9.17, 15) is 4.39 Å². The van der Waals surface area contributed by atoms with Crippen molar-refractivity contribution in [1.82, 2.24) is 10.0 Å². The van der Waals surface area contributed by atoms with Crippen LogP contribution in [0.2, 0.25) is 0 Å². The Morgan fingerprint density at radius 1 is 0.707 bits per heavy atom. The van der Waals surface area contributed by atoms with E-state index in [0.717, 1.165) is 65.4 Å². The molecule has 0 saturated carbocycles. The smallest absolute Gasteiger partial charge is 0.130 e. The molecule has 0 saturated heterocycles. The summed E-state index contributed by atoms with van der Waals surface area (Å²) in [6.45, 7) is 5.76. The van der Waals surface area contributed by atoms with Crippen LogP contribution in [-0.2, 0) is 12.8 Å². The Bertz CT molecular complexity index is 1550. The molecule has 41 heavy (non-hydrogen) atoms. The first kappa shape index (κ1) is 27.3. The molecule has 4 aromatic rings. The molecule has 0 aliphatic carbocycles. The largest absolute Gasteiger partial charge is 0.497 e. The molecule has 2 unspecified atom stereocenters. The minimum atomic E-state index is -0.233. The number of nitrogens with zero attached hydrogens (tertiary/aromatic N) is 2. The highest BCUT2D eigenvalue weighted by Crippen LogP contribution is 2.42. The van der Waals surface area contributed by atoms with E-state index in [1.54, 1.807) is 7.11 Å². The normalized spacial score (nSPS) is 17.4. The van der Waals surface area contributed by atoms with Gasteiger partial charge < -0.3 is 14.2 Å². The van der Waals surface area contributed by atoms with E-state index in [-0.39, 0.29) is 18.0 Å². The van der Waals surface area contributed by atoms with Crippen molar-refractivity contribution >= 4 is 0 Å². The van der Waals surface area contributed by atoms with E-state index in [2.05, 4.69) is 74.4 Å². The van der Waals surface area contributed by atoms with Gasteiger partial charge in [0.2, 0.25) is 0 Å². The number of methoxy groups -OCH3 is 1. The molecule has 4 aromatic carbocycles. The van der Waals surface area contributed by atoms with Gasteiger partial charge in [0.05, 0.1) is 20.2 Å². The topological polar surface area (TPSA) is 34.2 Å². The summed E-state index contributed by atoms with van der Waals surface area (Å²) in [4.78, 5) is 0. The Hall–Kier alpha value is -3.87. The quantitative estimate of drug-likeness (QED) is 0.223. The van der Waals surface area contributed by atoms with E-state index < -0.39 is 0 Å². The number of ether oxygens (including phenoxy) is 3. The zero-order valence-electron chi connectivity index (χ0n) is 24.4. The van der Waals surface area contributed by atoms with Crippen molar-refractivity contribution in [3.63, 3.8) is 0 Å². The van der Waals surface area contributed by atoms with Crippen LogP contribution in [0.5, 0.6) is 17.2 Å². The lowest BCUT2D eigenvalue weighted by atomic mass is 9.97. The monoisotopic (exact) mass is 552 g/mol. The minimum Gasteiger partial charge on any atom is -0.497 e. The molecule has 0 N–H and O–H groups in total. The van der Waals surface area contributed by atoms with Gasteiger partial charge in [0.25, 0.3) is 0 Å². The molecular formula is C35H37FN2O3. The number of benzene rings is 4. The summed E-state index contributed by atoms with van der Waals surface area (Å²) >= 11 is 0. The SMILES string of the molecule is COc1ccc(-c2cc(C)cc3c2OC(CN(C)N(C)CC2Cc4cc(C)cc(-c5ccc(F)cc5)c4O2)C3)cc1. The fourth-order valence-electron chi connectivity index (χ4n) is 6.09. The Kier molecular flexibility index (Phi) is 7.45.